The van der Waals surface area contributed by atoms with Crippen molar-refractivity contribution in [2.75, 3.05) is 12.4 Å². The fourth-order valence-corrected chi connectivity index (χ4v) is 5.01. The van der Waals surface area contributed by atoms with Gasteiger partial charge in [-0.05, 0) is 61.9 Å². The Labute approximate surface area is 204 Å². The summed E-state index contributed by atoms with van der Waals surface area (Å²) < 4.78 is 7.12. The van der Waals surface area contributed by atoms with Crippen LogP contribution in [0.1, 0.15) is 55.0 Å². The number of nitrogens with one attached hydrogen (secondary N) is 2. The quantitative estimate of drug-likeness (QED) is 0.505. The zero-order valence-electron chi connectivity index (χ0n) is 20.8. The van der Waals surface area contributed by atoms with Crippen LogP contribution in [0.3, 0.4) is 0 Å². The molecule has 4 rings (SSSR count). The maximum atomic E-state index is 12.7. The van der Waals surface area contributed by atoms with Gasteiger partial charge in [0.05, 0.1) is 17.9 Å². The summed E-state index contributed by atoms with van der Waals surface area (Å²) >= 11 is 0. The summed E-state index contributed by atoms with van der Waals surface area (Å²) in [5.41, 5.74) is 4.44. The van der Waals surface area contributed by atoms with Crippen molar-refractivity contribution in [2.45, 2.75) is 58.3 Å². The van der Waals surface area contributed by atoms with Gasteiger partial charge in [0.2, 0.25) is 23.6 Å². The molecule has 0 radical (unpaired) electrons. The molecular formula is C26H31N5O4. The molecule has 0 bridgehead atoms. The van der Waals surface area contributed by atoms with Crippen molar-refractivity contribution in [1.29, 1.82) is 0 Å². The number of rotatable bonds is 7. The molecule has 1 fully saturated rings. The lowest BCUT2D eigenvalue weighted by atomic mass is 9.72. The molecule has 3 heterocycles. The van der Waals surface area contributed by atoms with Crippen LogP contribution in [-0.4, -0.2) is 39.6 Å². The molecule has 0 spiro atoms. The monoisotopic (exact) mass is 477 g/mol. The van der Waals surface area contributed by atoms with E-state index in [1.165, 1.54) is 0 Å². The lowest BCUT2D eigenvalue weighted by Gasteiger charge is -2.35. The Kier molecular flexibility index (Phi) is 6.60. The summed E-state index contributed by atoms with van der Waals surface area (Å²) in [7, 11) is 3.42. The first kappa shape index (κ1) is 24.4. The largest absolute Gasteiger partial charge is 0.479 e. The lowest BCUT2D eigenvalue weighted by molar-refractivity contribution is -0.138. The number of anilines is 1. The number of ether oxygens (including phenoxy) is 1. The predicted octanol–water partition coefficient (Wildman–Crippen LogP) is 3.25. The number of aryl methyl sites for hydroxylation is 3. The first-order chi connectivity index (χ1) is 16.7. The molecule has 184 valence electrons. The number of methoxy groups -OCH3 is 1. The Morgan fingerprint density at radius 3 is 2.57 bits per heavy atom. The van der Waals surface area contributed by atoms with E-state index in [-0.39, 0.29) is 17.7 Å². The average molecular weight is 478 g/mol. The van der Waals surface area contributed by atoms with Crippen LogP contribution in [0, 0.1) is 13.8 Å². The van der Waals surface area contributed by atoms with Gasteiger partial charge in [0.1, 0.15) is 0 Å². The highest BCUT2D eigenvalue weighted by Gasteiger charge is 2.42. The molecule has 2 N–H and O–H groups in total. The lowest BCUT2D eigenvalue weighted by Crippen LogP contribution is -2.51. The Morgan fingerprint density at radius 1 is 1.23 bits per heavy atom. The molecule has 9 nitrogen and oxygen atoms in total. The average Bonchev–Trinajstić information content (AvgIpc) is 3.15. The van der Waals surface area contributed by atoms with E-state index in [0.717, 1.165) is 33.4 Å². The molecule has 1 aliphatic heterocycles. The van der Waals surface area contributed by atoms with Crippen molar-refractivity contribution in [3.63, 3.8) is 0 Å². The molecular weight excluding hydrogens is 446 g/mol. The number of fused-ring (bicyclic) bond motifs is 1. The van der Waals surface area contributed by atoms with Crippen LogP contribution >= 0.6 is 0 Å². The second kappa shape index (κ2) is 9.48. The fraction of sp³-hybridized carbons (Fsp3) is 0.423. The number of pyridine rings is 1. The Balaban J connectivity index is 1.46. The topological polar surface area (TPSA) is 115 Å². The molecule has 35 heavy (non-hydrogen) atoms. The summed E-state index contributed by atoms with van der Waals surface area (Å²) in [4.78, 5) is 41.6. The Bertz CT molecular complexity index is 1310. The standard InChI is InChI=1S/C26H31N5O4/c1-6-26(14-13-21(33)29-25(26)34)17-7-9-18(10-8-17)28-20(32)12-11-19-15(2)22-23(27-16(19)3)31(4)30-24(22)35-5/h7-10H,6,11-14H2,1-5H3,(H,28,32)(H,29,33,34). The minimum absolute atomic E-state index is 0.110. The molecule has 0 aliphatic carbocycles. The van der Waals surface area contributed by atoms with E-state index in [1.807, 2.05) is 40.0 Å². The number of imide groups is 1. The SMILES string of the molecule is CCC1(c2ccc(NC(=O)CCc3c(C)nc4c(c(OC)nn4C)c3C)cc2)CCC(=O)NC1=O. The molecule has 0 saturated carbocycles. The van der Waals surface area contributed by atoms with Crippen molar-refractivity contribution in [3.8, 4) is 5.88 Å². The minimum atomic E-state index is -0.718. The van der Waals surface area contributed by atoms with E-state index in [0.29, 0.717) is 43.7 Å². The van der Waals surface area contributed by atoms with Crippen LogP contribution in [-0.2, 0) is 33.3 Å². The number of aromatic nitrogens is 3. The van der Waals surface area contributed by atoms with Gasteiger partial charge in [-0.2, -0.15) is 0 Å². The Morgan fingerprint density at radius 2 is 1.94 bits per heavy atom. The second-order valence-electron chi connectivity index (χ2n) is 9.07. The number of hydrogen-bond donors (Lipinski definition) is 2. The highest BCUT2D eigenvalue weighted by atomic mass is 16.5. The zero-order valence-corrected chi connectivity index (χ0v) is 20.8. The van der Waals surface area contributed by atoms with Gasteiger partial charge in [-0.1, -0.05) is 19.1 Å². The summed E-state index contributed by atoms with van der Waals surface area (Å²) in [5, 5.41) is 10.6. The van der Waals surface area contributed by atoms with Crippen molar-refractivity contribution in [2.24, 2.45) is 7.05 Å². The summed E-state index contributed by atoms with van der Waals surface area (Å²) in [5.74, 6) is -0.0699. The van der Waals surface area contributed by atoms with Gasteiger partial charge >= 0.3 is 0 Å². The second-order valence-corrected chi connectivity index (χ2v) is 9.07. The zero-order chi connectivity index (χ0) is 25.3. The van der Waals surface area contributed by atoms with Gasteiger partial charge in [0.25, 0.3) is 0 Å². The van der Waals surface area contributed by atoms with E-state index in [2.05, 4.69) is 20.7 Å². The maximum Gasteiger partial charge on any atom is 0.242 e. The number of nitrogens with zero attached hydrogens (tertiary/aromatic N) is 3. The van der Waals surface area contributed by atoms with E-state index >= 15 is 0 Å². The number of piperidine rings is 1. The summed E-state index contributed by atoms with van der Waals surface area (Å²) in [6.45, 7) is 5.89. The van der Waals surface area contributed by atoms with Gasteiger partial charge in [0, 0.05) is 31.3 Å². The number of benzene rings is 1. The van der Waals surface area contributed by atoms with Crippen LogP contribution in [0.4, 0.5) is 5.69 Å². The van der Waals surface area contributed by atoms with E-state index < -0.39 is 5.41 Å². The van der Waals surface area contributed by atoms with Crippen LogP contribution in [0.25, 0.3) is 11.0 Å². The number of hydrogen-bond acceptors (Lipinski definition) is 6. The molecule has 9 heteroatoms. The summed E-state index contributed by atoms with van der Waals surface area (Å²) in [6, 6.07) is 7.32. The van der Waals surface area contributed by atoms with E-state index in [1.54, 1.807) is 23.9 Å². The molecule has 1 unspecified atom stereocenters. The van der Waals surface area contributed by atoms with Crippen LogP contribution in [0.15, 0.2) is 24.3 Å². The molecule has 3 amide bonds. The number of amides is 3. The highest BCUT2D eigenvalue weighted by Crippen LogP contribution is 2.36. The Hall–Kier alpha value is -3.75. The molecule has 1 aromatic carbocycles. The minimum Gasteiger partial charge on any atom is -0.479 e. The van der Waals surface area contributed by atoms with Crippen molar-refractivity contribution in [1.82, 2.24) is 20.1 Å². The third-order valence-corrected chi connectivity index (χ3v) is 7.11. The van der Waals surface area contributed by atoms with Gasteiger partial charge in [-0.25, -0.2) is 9.67 Å². The molecule has 2 aromatic heterocycles. The molecule has 3 aromatic rings. The summed E-state index contributed by atoms with van der Waals surface area (Å²) in [6.07, 6.45) is 2.23. The van der Waals surface area contributed by atoms with Gasteiger partial charge in [0.15, 0.2) is 5.65 Å². The first-order valence-electron chi connectivity index (χ1n) is 11.8. The van der Waals surface area contributed by atoms with Crippen molar-refractivity contribution in [3.05, 3.63) is 46.6 Å². The number of carbonyl (C=O) groups excluding carboxylic acids is 3. The third-order valence-electron chi connectivity index (χ3n) is 7.11. The van der Waals surface area contributed by atoms with Gasteiger partial charge in [-0.3, -0.25) is 19.7 Å². The van der Waals surface area contributed by atoms with Crippen LogP contribution in [0.5, 0.6) is 5.88 Å². The first-order valence-corrected chi connectivity index (χ1v) is 11.8. The van der Waals surface area contributed by atoms with Gasteiger partial charge < -0.3 is 10.1 Å². The number of carbonyl (C=O) groups is 3. The van der Waals surface area contributed by atoms with E-state index in [9.17, 15) is 14.4 Å². The highest BCUT2D eigenvalue weighted by molar-refractivity contribution is 6.03. The van der Waals surface area contributed by atoms with Crippen molar-refractivity contribution < 1.29 is 19.1 Å². The van der Waals surface area contributed by atoms with Crippen LogP contribution < -0.4 is 15.4 Å². The fourth-order valence-electron chi connectivity index (χ4n) is 5.01. The molecule has 1 saturated heterocycles. The molecule has 1 atom stereocenters. The smallest absolute Gasteiger partial charge is 0.242 e. The van der Waals surface area contributed by atoms with E-state index in [4.69, 9.17) is 4.74 Å². The van der Waals surface area contributed by atoms with Crippen molar-refractivity contribution >= 4 is 34.4 Å². The maximum absolute atomic E-state index is 12.7. The van der Waals surface area contributed by atoms with Gasteiger partial charge in [-0.15, -0.1) is 5.10 Å². The molecule has 1 aliphatic rings. The normalized spacial score (nSPS) is 18.0. The predicted molar refractivity (Wildman–Crippen MR) is 132 cm³/mol. The van der Waals surface area contributed by atoms with Crippen LogP contribution in [0.2, 0.25) is 0 Å². The third kappa shape index (κ3) is 4.38.